The lowest BCUT2D eigenvalue weighted by Gasteiger charge is -2.08. The number of benzene rings is 1. The minimum absolute atomic E-state index is 0.00810. The van der Waals surface area contributed by atoms with Crippen molar-refractivity contribution in [1.82, 2.24) is 0 Å². The van der Waals surface area contributed by atoms with Crippen molar-refractivity contribution in [2.45, 2.75) is 11.5 Å². The Labute approximate surface area is 121 Å². The number of furan rings is 1. The highest BCUT2D eigenvalue weighted by Crippen LogP contribution is 2.29. The molecule has 2 N–H and O–H groups in total. The van der Waals surface area contributed by atoms with Crippen LogP contribution in [-0.4, -0.2) is 13.5 Å². The number of aliphatic hydroxyl groups excluding tert-OH is 1. The summed E-state index contributed by atoms with van der Waals surface area (Å²) in [5.41, 5.74) is -0.786. The van der Waals surface area contributed by atoms with Gasteiger partial charge in [0.2, 0.25) is 0 Å². The molecule has 1 aromatic heterocycles. The van der Waals surface area contributed by atoms with Crippen LogP contribution >= 0.6 is 15.9 Å². The molecule has 0 saturated carbocycles. The average Bonchev–Trinajstić information content (AvgIpc) is 2.76. The third-order valence-corrected chi connectivity index (χ3v) is 4.56. The number of rotatable bonds is 4. The number of para-hydroxylation sites is 1. The molecule has 0 fully saturated rings. The fourth-order valence-electron chi connectivity index (χ4n) is 1.44. The Morgan fingerprint density at radius 1 is 1.30 bits per heavy atom. The highest BCUT2D eigenvalue weighted by atomic mass is 79.9. The second kappa shape index (κ2) is 5.51. The van der Waals surface area contributed by atoms with Crippen LogP contribution in [0.2, 0.25) is 0 Å². The van der Waals surface area contributed by atoms with Gasteiger partial charge >= 0.3 is 0 Å². The molecule has 0 bridgehead atoms. The number of aliphatic hydroxyl groups is 1. The summed E-state index contributed by atoms with van der Waals surface area (Å²) < 4.78 is 57.5. The lowest BCUT2D eigenvalue weighted by atomic mass is 10.3. The summed E-state index contributed by atoms with van der Waals surface area (Å²) in [6.45, 7) is -0.512. The Bertz CT molecular complexity index is 725. The number of anilines is 1. The number of hydrogen-bond donors (Lipinski definition) is 2. The summed E-state index contributed by atoms with van der Waals surface area (Å²) in [4.78, 5) is -0.371. The van der Waals surface area contributed by atoms with E-state index in [9.17, 15) is 17.2 Å². The van der Waals surface area contributed by atoms with Crippen molar-refractivity contribution in [3.63, 3.8) is 0 Å². The average molecular weight is 368 g/mol. The van der Waals surface area contributed by atoms with Gasteiger partial charge in [-0.2, -0.15) is 0 Å². The van der Waals surface area contributed by atoms with Gasteiger partial charge in [-0.15, -0.1) is 0 Å². The van der Waals surface area contributed by atoms with E-state index < -0.39 is 34.0 Å². The Morgan fingerprint density at radius 2 is 1.90 bits per heavy atom. The lowest BCUT2D eigenvalue weighted by molar-refractivity contribution is 0.245. The van der Waals surface area contributed by atoms with Crippen LogP contribution in [0.5, 0.6) is 0 Å². The summed E-state index contributed by atoms with van der Waals surface area (Å²) >= 11 is 2.86. The quantitative estimate of drug-likeness (QED) is 0.870. The van der Waals surface area contributed by atoms with Crippen LogP contribution in [0.1, 0.15) is 5.76 Å². The molecule has 108 valence electrons. The zero-order chi connectivity index (χ0) is 14.9. The molecule has 0 unspecified atom stereocenters. The SMILES string of the molecule is O=S(=O)(Nc1c(F)cccc1F)c1cc(CO)oc1Br. The van der Waals surface area contributed by atoms with Crippen LogP contribution in [0.15, 0.2) is 38.2 Å². The minimum atomic E-state index is -4.26. The number of nitrogens with one attached hydrogen (secondary N) is 1. The van der Waals surface area contributed by atoms with Gasteiger partial charge in [0, 0.05) is 6.07 Å². The van der Waals surface area contributed by atoms with Gasteiger partial charge in [-0.1, -0.05) is 6.07 Å². The minimum Gasteiger partial charge on any atom is -0.450 e. The molecule has 2 aromatic rings. The largest absolute Gasteiger partial charge is 0.450 e. The van der Waals surface area contributed by atoms with Crippen molar-refractivity contribution in [3.8, 4) is 0 Å². The van der Waals surface area contributed by atoms with Crippen molar-refractivity contribution < 1.29 is 26.7 Å². The first kappa shape index (κ1) is 14.9. The van der Waals surface area contributed by atoms with Crippen LogP contribution in [0.3, 0.4) is 0 Å². The third-order valence-electron chi connectivity index (χ3n) is 2.35. The molecule has 1 heterocycles. The molecule has 0 atom stereocenters. The van der Waals surface area contributed by atoms with Crippen molar-refractivity contribution >= 4 is 31.6 Å². The topological polar surface area (TPSA) is 79.5 Å². The van der Waals surface area contributed by atoms with Gasteiger partial charge in [0.25, 0.3) is 10.0 Å². The van der Waals surface area contributed by atoms with E-state index in [1.165, 1.54) is 0 Å². The highest BCUT2D eigenvalue weighted by molar-refractivity contribution is 9.10. The van der Waals surface area contributed by atoms with E-state index in [1.807, 2.05) is 0 Å². The third kappa shape index (κ3) is 2.84. The molecular formula is C11H8BrF2NO4S. The molecule has 0 aliphatic carbocycles. The molecule has 0 saturated heterocycles. The van der Waals surface area contributed by atoms with Gasteiger partial charge in [-0.25, -0.2) is 17.2 Å². The molecule has 0 aliphatic heterocycles. The van der Waals surface area contributed by atoms with Gasteiger partial charge in [-0.05, 0) is 28.1 Å². The normalized spacial score (nSPS) is 11.6. The first-order chi connectivity index (χ1) is 9.35. The fraction of sp³-hybridized carbons (Fsp3) is 0.0909. The van der Waals surface area contributed by atoms with E-state index in [4.69, 9.17) is 9.52 Å². The van der Waals surface area contributed by atoms with Crippen molar-refractivity contribution in [2.24, 2.45) is 0 Å². The number of hydrogen-bond acceptors (Lipinski definition) is 4. The second-order valence-corrected chi connectivity index (χ2v) is 6.08. The molecule has 9 heteroatoms. The lowest BCUT2D eigenvalue weighted by Crippen LogP contribution is -2.15. The first-order valence-electron chi connectivity index (χ1n) is 5.21. The van der Waals surface area contributed by atoms with Crippen molar-refractivity contribution in [1.29, 1.82) is 0 Å². The molecule has 20 heavy (non-hydrogen) atoms. The van der Waals surface area contributed by atoms with Gasteiger partial charge in [-0.3, -0.25) is 4.72 Å². The summed E-state index contributed by atoms with van der Waals surface area (Å²) in [6, 6.07) is 4.00. The summed E-state index contributed by atoms with van der Waals surface area (Å²) in [7, 11) is -4.26. The number of sulfonamides is 1. The molecule has 1 aromatic carbocycles. The van der Waals surface area contributed by atoms with E-state index in [1.54, 1.807) is 4.72 Å². The molecule has 0 amide bonds. The fourth-order valence-corrected chi connectivity index (χ4v) is 3.52. The predicted octanol–water partition coefficient (Wildman–Crippen LogP) is 2.61. The van der Waals surface area contributed by atoms with Gasteiger partial charge in [0.05, 0.1) is 0 Å². The summed E-state index contributed by atoms with van der Waals surface area (Å²) in [5, 5.41) is 8.87. The van der Waals surface area contributed by atoms with Gasteiger partial charge in [0.15, 0.2) is 4.67 Å². The van der Waals surface area contributed by atoms with Gasteiger partial charge < -0.3 is 9.52 Å². The Morgan fingerprint density at radius 3 is 2.40 bits per heavy atom. The maximum absolute atomic E-state index is 13.4. The highest BCUT2D eigenvalue weighted by Gasteiger charge is 2.24. The second-order valence-electron chi connectivity index (χ2n) is 3.71. The Kier molecular flexibility index (Phi) is 4.11. The predicted molar refractivity (Wildman–Crippen MR) is 69.5 cm³/mol. The van der Waals surface area contributed by atoms with E-state index in [0.29, 0.717) is 0 Å². The maximum atomic E-state index is 13.4. The molecule has 0 aliphatic rings. The van der Waals surface area contributed by atoms with E-state index in [0.717, 1.165) is 24.3 Å². The standard InChI is InChI=1S/C11H8BrF2NO4S/c12-11-9(4-6(5-16)19-11)20(17,18)15-10-7(13)2-1-3-8(10)14/h1-4,15-16H,5H2. The Hall–Kier alpha value is -1.45. The van der Waals surface area contributed by atoms with Crippen LogP contribution < -0.4 is 4.72 Å². The Balaban J connectivity index is 2.43. The number of halogens is 3. The van der Waals surface area contributed by atoms with Gasteiger partial charge in [0.1, 0.15) is 34.6 Å². The first-order valence-corrected chi connectivity index (χ1v) is 7.48. The summed E-state index contributed by atoms with van der Waals surface area (Å²) in [6.07, 6.45) is 0. The molecule has 2 rings (SSSR count). The maximum Gasteiger partial charge on any atom is 0.266 e. The van der Waals surface area contributed by atoms with Crippen LogP contribution in [0, 0.1) is 11.6 Å². The van der Waals surface area contributed by atoms with Crippen molar-refractivity contribution in [3.05, 3.63) is 46.3 Å². The monoisotopic (exact) mass is 367 g/mol. The molecule has 0 radical (unpaired) electrons. The van der Waals surface area contributed by atoms with Crippen molar-refractivity contribution in [2.75, 3.05) is 4.72 Å². The van der Waals surface area contributed by atoms with Crippen LogP contribution in [0.4, 0.5) is 14.5 Å². The van der Waals surface area contributed by atoms with Crippen LogP contribution in [0.25, 0.3) is 0 Å². The van der Waals surface area contributed by atoms with E-state index in [-0.39, 0.29) is 15.3 Å². The van der Waals surface area contributed by atoms with Crippen LogP contribution in [-0.2, 0) is 16.6 Å². The van der Waals surface area contributed by atoms with E-state index >= 15 is 0 Å². The zero-order valence-corrected chi connectivity index (χ0v) is 12.1. The van der Waals surface area contributed by atoms with E-state index in [2.05, 4.69) is 15.9 Å². The molecule has 5 nitrogen and oxygen atoms in total. The molecule has 0 spiro atoms. The zero-order valence-electron chi connectivity index (χ0n) is 9.73. The molecular weight excluding hydrogens is 360 g/mol. The summed E-state index contributed by atoms with van der Waals surface area (Å²) in [5.74, 6) is -2.10. The smallest absolute Gasteiger partial charge is 0.266 e.